The van der Waals surface area contributed by atoms with E-state index < -0.39 is 17.8 Å². The highest BCUT2D eigenvalue weighted by molar-refractivity contribution is 6.05. The number of nitrogens with zero attached hydrogens (tertiary/aromatic N) is 4. The lowest BCUT2D eigenvalue weighted by Crippen LogP contribution is -2.52. The minimum absolute atomic E-state index is 0.0917. The van der Waals surface area contributed by atoms with Crippen LogP contribution in [0.4, 0.5) is 20.2 Å². The van der Waals surface area contributed by atoms with Gasteiger partial charge in [-0.3, -0.25) is 24.6 Å². The fourth-order valence-electron chi connectivity index (χ4n) is 9.65. The third kappa shape index (κ3) is 7.20. The second kappa shape index (κ2) is 15.6. The molecule has 13 heteroatoms. The molecule has 3 amide bonds. The summed E-state index contributed by atoms with van der Waals surface area (Å²) in [6.45, 7) is 5.86. The zero-order valence-corrected chi connectivity index (χ0v) is 32.5. The number of nitrogens with one attached hydrogen (secondary N) is 1. The van der Waals surface area contributed by atoms with Crippen molar-refractivity contribution >= 4 is 29.1 Å². The molecule has 58 heavy (non-hydrogen) atoms. The van der Waals surface area contributed by atoms with Crippen molar-refractivity contribution in [3.63, 3.8) is 0 Å². The standard InChI is InChI=1S/C45H47F2N5O6/c1-57-32-4-2-3-28(19-32)35-26-58-41-22-31(53)6-7-33(41)43(35)29-5-8-38(36(46)20-29)50-13-11-27(12-14-50)24-49-15-17-51(18-16-49)40-21-30-25-52(45(56)34(30)23-37(40)47)39-9-10-42(54)48-44(39)55/h2-8,19-23,27,35,39,43,53H,9-18,24-26H2,1H3,(H,48,54,55). The van der Waals surface area contributed by atoms with Gasteiger partial charge in [-0.2, -0.15) is 0 Å². The van der Waals surface area contributed by atoms with Gasteiger partial charge in [-0.05, 0) is 84.3 Å². The number of carbonyl (C=O) groups excluding carboxylic acids is 3. The number of carbonyl (C=O) groups is 3. The summed E-state index contributed by atoms with van der Waals surface area (Å²) in [6.07, 6.45) is 2.30. The number of ether oxygens (including phenoxy) is 2. The molecule has 3 unspecified atom stereocenters. The van der Waals surface area contributed by atoms with Crippen LogP contribution in [0.15, 0.2) is 72.8 Å². The van der Waals surface area contributed by atoms with E-state index in [-0.39, 0.29) is 60.2 Å². The molecule has 0 radical (unpaired) electrons. The summed E-state index contributed by atoms with van der Waals surface area (Å²) in [6, 6.07) is 20.9. The van der Waals surface area contributed by atoms with Gasteiger partial charge < -0.3 is 29.3 Å². The molecule has 302 valence electrons. The van der Waals surface area contributed by atoms with Crippen LogP contribution in [-0.2, 0) is 16.1 Å². The van der Waals surface area contributed by atoms with Crippen LogP contribution in [0.2, 0.25) is 0 Å². The Morgan fingerprint density at radius 1 is 0.828 bits per heavy atom. The van der Waals surface area contributed by atoms with Crippen molar-refractivity contribution in [2.45, 2.75) is 50.1 Å². The minimum Gasteiger partial charge on any atom is -0.508 e. The van der Waals surface area contributed by atoms with Gasteiger partial charge >= 0.3 is 0 Å². The average Bonchev–Trinajstić information content (AvgIpc) is 3.54. The number of hydrogen-bond donors (Lipinski definition) is 2. The molecular formula is C45H47F2N5O6. The van der Waals surface area contributed by atoms with E-state index in [0.717, 1.165) is 68.0 Å². The van der Waals surface area contributed by atoms with Crippen LogP contribution in [0.3, 0.4) is 0 Å². The molecule has 5 aliphatic heterocycles. The van der Waals surface area contributed by atoms with E-state index >= 15 is 8.78 Å². The normalized spacial score (nSPS) is 22.7. The second-order valence-electron chi connectivity index (χ2n) is 16.2. The van der Waals surface area contributed by atoms with Crippen LogP contribution in [0.25, 0.3) is 0 Å². The van der Waals surface area contributed by atoms with E-state index in [1.807, 2.05) is 47.4 Å². The summed E-state index contributed by atoms with van der Waals surface area (Å²) in [5.74, 6) is -0.267. The van der Waals surface area contributed by atoms with Gasteiger partial charge in [0.25, 0.3) is 5.91 Å². The van der Waals surface area contributed by atoms with Crippen LogP contribution in [0, 0.1) is 17.6 Å². The number of phenols is 1. The van der Waals surface area contributed by atoms with Crippen LogP contribution in [-0.4, -0.2) is 98.2 Å². The Bertz CT molecular complexity index is 2250. The number of amides is 3. The number of hydrogen-bond acceptors (Lipinski definition) is 9. The maximum Gasteiger partial charge on any atom is 0.255 e. The predicted molar refractivity (Wildman–Crippen MR) is 214 cm³/mol. The van der Waals surface area contributed by atoms with Gasteiger partial charge in [-0.25, -0.2) is 8.78 Å². The summed E-state index contributed by atoms with van der Waals surface area (Å²) in [5.41, 5.74) is 4.82. The van der Waals surface area contributed by atoms with Crippen LogP contribution >= 0.6 is 0 Å². The third-order valence-corrected chi connectivity index (χ3v) is 12.8. The number of methoxy groups -OCH3 is 1. The summed E-state index contributed by atoms with van der Waals surface area (Å²) in [4.78, 5) is 45.3. The Balaban J connectivity index is 0.811. The Kier molecular flexibility index (Phi) is 10.2. The number of imide groups is 1. The molecule has 0 bridgehead atoms. The lowest BCUT2D eigenvalue weighted by atomic mass is 9.75. The van der Waals surface area contributed by atoms with Crippen molar-refractivity contribution < 1.29 is 37.7 Å². The predicted octanol–water partition coefficient (Wildman–Crippen LogP) is 5.79. The number of fused-ring (bicyclic) bond motifs is 2. The van der Waals surface area contributed by atoms with E-state index in [0.29, 0.717) is 48.3 Å². The molecular weight excluding hydrogens is 745 g/mol. The molecule has 0 spiro atoms. The monoisotopic (exact) mass is 791 g/mol. The average molecular weight is 792 g/mol. The smallest absolute Gasteiger partial charge is 0.255 e. The molecule has 5 heterocycles. The maximum absolute atomic E-state index is 16.2. The lowest BCUT2D eigenvalue weighted by molar-refractivity contribution is -0.136. The molecule has 3 atom stereocenters. The SMILES string of the molecule is COc1cccc(C2COc3cc(O)ccc3C2c2ccc(N3CCC(CN4CCN(c5cc6c(cc5F)C(=O)N(C5CCC(=O)NC5=O)C6)CC4)CC3)c(F)c2)c1. The fourth-order valence-corrected chi connectivity index (χ4v) is 9.65. The summed E-state index contributed by atoms with van der Waals surface area (Å²) in [5, 5.41) is 12.5. The summed E-state index contributed by atoms with van der Waals surface area (Å²) in [7, 11) is 1.64. The first-order chi connectivity index (χ1) is 28.1. The summed E-state index contributed by atoms with van der Waals surface area (Å²) < 4.78 is 43.3. The fraction of sp³-hybridized carbons (Fsp3) is 0.400. The van der Waals surface area contributed by atoms with Crippen molar-refractivity contribution in [1.82, 2.24) is 15.1 Å². The highest BCUT2D eigenvalue weighted by Crippen LogP contribution is 2.48. The van der Waals surface area contributed by atoms with E-state index in [9.17, 15) is 19.5 Å². The molecule has 0 aromatic heterocycles. The van der Waals surface area contributed by atoms with E-state index in [2.05, 4.69) is 15.1 Å². The highest BCUT2D eigenvalue weighted by Gasteiger charge is 2.40. The van der Waals surface area contributed by atoms with Crippen LogP contribution in [0.5, 0.6) is 17.2 Å². The minimum atomic E-state index is -0.739. The first kappa shape index (κ1) is 37.9. The van der Waals surface area contributed by atoms with Crippen molar-refractivity contribution in [3.8, 4) is 17.2 Å². The van der Waals surface area contributed by atoms with E-state index in [4.69, 9.17) is 9.47 Å². The number of phenolic OH excluding ortho intramolecular Hbond substituents is 1. The largest absolute Gasteiger partial charge is 0.508 e. The molecule has 4 aromatic rings. The van der Waals surface area contributed by atoms with Crippen molar-refractivity contribution in [2.24, 2.45) is 5.92 Å². The molecule has 5 aliphatic rings. The van der Waals surface area contributed by atoms with E-state index in [1.54, 1.807) is 31.4 Å². The zero-order chi connectivity index (χ0) is 40.1. The van der Waals surface area contributed by atoms with Gasteiger partial charge in [0.1, 0.15) is 34.9 Å². The topological polar surface area (TPSA) is 115 Å². The molecule has 9 rings (SSSR count). The number of piperazine rings is 1. The van der Waals surface area contributed by atoms with Crippen molar-refractivity contribution in [2.75, 3.05) is 69.3 Å². The number of halogens is 2. The first-order valence-corrected chi connectivity index (χ1v) is 20.2. The quantitative estimate of drug-likeness (QED) is 0.214. The number of benzene rings is 4. The van der Waals surface area contributed by atoms with Gasteiger partial charge in [-0.15, -0.1) is 0 Å². The maximum atomic E-state index is 16.2. The van der Waals surface area contributed by atoms with Gasteiger partial charge in [0.2, 0.25) is 11.8 Å². The number of anilines is 2. The molecule has 0 saturated carbocycles. The zero-order valence-electron chi connectivity index (χ0n) is 32.5. The number of aromatic hydroxyl groups is 1. The molecule has 11 nitrogen and oxygen atoms in total. The number of piperidine rings is 2. The van der Waals surface area contributed by atoms with Crippen LogP contribution in [0.1, 0.15) is 70.1 Å². The van der Waals surface area contributed by atoms with Gasteiger partial charge in [0.15, 0.2) is 0 Å². The molecule has 3 fully saturated rings. The first-order valence-electron chi connectivity index (χ1n) is 20.2. The Hall–Kier alpha value is -5.69. The van der Waals surface area contributed by atoms with Crippen molar-refractivity contribution in [1.29, 1.82) is 0 Å². The summed E-state index contributed by atoms with van der Waals surface area (Å²) >= 11 is 0. The highest BCUT2D eigenvalue weighted by atomic mass is 19.1. The van der Waals surface area contributed by atoms with E-state index in [1.165, 1.54) is 11.0 Å². The second-order valence-corrected chi connectivity index (χ2v) is 16.2. The number of rotatable bonds is 8. The lowest BCUT2D eigenvalue weighted by Gasteiger charge is -2.40. The molecule has 0 aliphatic carbocycles. The van der Waals surface area contributed by atoms with Crippen molar-refractivity contribution in [3.05, 3.63) is 112 Å². The Morgan fingerprint density at radius 3 is 2.36 bits per heavy atom. The third-order valence-electron chi connectivity index (χ3n) is 12.8. The Labute approximate surface area is 336 Å². The Morgan fingerprint density at radius 2 is 1.60 bits per heavy atom. The molecule has 3 saturated heterocycles. The van der Waals surface area contributed by atoms with Crippen LogP contribution < -0.4 is 24.6 Å². The molecule has 4 aromatic carbocycles. The van der Waals surface area contributed by atoms with Gasteiger partial charge in [0, 0.05) is 87.8 Å². The van der Waals surface area contributed by atoms with Gasteiger partial charge in [0.05, 0.1) is 25.1 Å². The molecule has 2 N–H and O–H groups in total. The van der Waals surface area contributed by atoms with Gasteiger partial charge in [-0.1, -0.05) is 24.3 Å².